The van der Waals surface area contributed by atoms with E-state index in [1.54, 1.807) is 6.33 Å². The van der Waals surface area contributed by atoms with Gasteiger partial charge in [0.2, 0.25) is 0 Å². The Hall–Kier alpha value is -2.45. The Kier molecular flexibility index (Phi) is 9.11. The summed E-state index contributed by atoms with van der Waals surface area (Å²) < 4.78 is 7.51. The summed E-state index contributed by atoms with van der Waals surface area (Å²) in [5.41, 5.74) is 2.48. The summed E-state index contributed by atoms with van der Waals surface area (Å²) in [7, 11) is 0. The zero-order chi connectivity index (χ0) is 21.0. The van der Waals surface area contributed by atoms with Crippen molar-refractivity contribution in [2.24, 2.45) is 4.99 Å². The number of aryl methyl sites for hydroxylation is 2. The van der Waals surface area contributed by atoms with Crippen LogP contribution in [0.2, 0.25) is 0 Å². The van der Waals surface area contributed by atoms with E-state index in [9.17, 15) is 0 Å². The highest BCUT2D eigenvalue weighted by molar-refractivity contribution is 5.79. The average Bonchev–Trinajstić information content (AvgIpc) is 3.24. The molecule has 3 rings (SSSR count). The van der Waals surface area contributed by atoms with Crippen LogP contribution >= 0.6 is 0 Å². The molecule has 0 spiro atoms. The maximum absolute atomic E-state index is 5.42. The van der Waals surface area contributed by atoms with Crippen molar-refractivity contribution in [1.82, 2.24) is 30.3 Å². The minimum atomic E-state index is 0.659. The Bertz CT molecular complexity index is 766. The van der Waals surface area contributed by atoms with Crippen molar-refractivity contribution in [2.45, 2.75) is 39.8 Å². The van der Waals surface area contributed by atoms with Crippen molar-refractivity contribution in [2.75, 3.05) is 45.9 Å². The number of guanidine groups is 1. The number of morpholine rings is 1. The molecule has 1 fully saturated rings. The number of hydrogen-bond acceptors (Lipinski definition) is 5. The third-order valence-electron chi connectivity index (χ3n) is 5.24. The fourth-order valence-electron chi connectivity index (χ4n) is 3.41. The molecule has 1 aliphatic heterocycles. The van der Waals surface area contributed by atoms with E-state index in [-0.39, 0.29) is 0 Å². The number of nitrogens with zero attached hydrogens (tertiary/aromatic N) is 5. The molecule has 1 saturated heterocycles. The van der Waals surface area contributed by atoms with Crippen LogP contribution in [0.4, 0.5) is 0 Å². The average molecular weight is 414 g/mol. The third-order valence-corrected chi connectivity index (χ3v) is 5.24. The quantitative estimate of drug-likeness (QED) is 0.350. The topological polar surface area (TPSA) is 79.6 Å². The maximum Gasteiger partial charge on any atom is 0.191 e. The van der Waals surface area contributed by atoms with Crippen molar-refractivity contribution in [3.63, 3.8) is 0 Å². The Morgan fingerprint density at radius 1 is 1.10 bits per heavy atom. The molecule has 1 aromatic carbocycles. The Balaban J connectivity index is 1.49. The van der Waals surface area contributed by atoms with Crippen molar-refractivity contribution < 1.29 is 4.74 Å². The number of hydrogen-bond donors (Lipinski definition) is 2. The van der Waals surface area contributed by atoms with Crippen LogP contribution in [-0.2, 0) is 24.2 Å². The summed E-state index contributed by atoms with van der Waals surface area (Å²) in [6.07, 6.45) is 3.75. The van der Waals surface area contributed by atoms with Gasteiger partial charge >= 0.3 is 0 Å². The predicted octanol–water partition coefficient (Wildman–Crippen LogP) is 1.61. The molecule has 2 heterocycles. The lowest BCUT2D eigenvalue weighted by Gasteiger charge is -2.26. The van der Waals surface area contributed by atoms with E-state index in [0.717, 1.165) is 77.1 Å². The molecular formula is C22H35N7O. The van der Waals surface area contributed by atoms with Crippen molar-refractivity contribution in [1.29, 1.82) is 0 Å². The number of rotatable bonds is 10. The lowest BCUT2D eigenvalue weighted by atomic mass is 10.1. The zero-order valence-corrected chi connectivity index (χ0v) is 18.3. The van der Waals surface area contributed by atoms with Crippen molar-refractivity contribution in [3.05, 3.63) is 47.5 Å². The van der Waals surface area contributed by atoms with Gasteiger partial charge in [-0.1, -0.05) is 36.8 Å². The van der Waals surface area contributed by atoms with E-state index in [0.29, 0.717) is 6.54 Å². The molecule has 0 unspecified atom stereocenters. The minimum Gasteiger partial charge on any atom is -0.379 e. The standard InChI is InChI=1S/C22H35N7O/c1-3-21-27-26-18-29(21)12-10-24-22(25-17-20-7-5-19(2)6-8-20)23-9-4-11-28-13-15-30-16-14-28/h5-8,18H,3-4,9-17H2,1-2H3,(H2,23,24,25). The van der Waals surface area contributed by atoms with Gasteiger partial charge in [-0.25, -0.2) is 4.99 Å². The van der Waals surface area contributed by atoms with Gasteiger partial charge in [-0.15, -0.1) is 10.2 Å². The molecule has 8 heteroatoms. The molecular weight excluding hydrogens is 378 g/mol. The molecule has 0 radical (unpaired) electrons. The highest BCUT2D eigenvalue weighted by Gasteiger charge is 2.09. The molecule has 0 saturated carbocycles. The molecule has 1 aromatic heterocycles. The van der Waals surface area contributed by atoms with Gasteiger partial charge in [0.15, 0.2) is 5.96 Å². The smallest absolute Gasteiger partial charge is 0.191 e. The summed E-state index contributed by atoms with van der Waals surface area (Å²) in [6.45, 7) is 12.2. The Labute approximate surface area is 179 Å². The number of benzene rings is 1. The van der Waals surface area contributed by atoms with Crippen LogP contribution in [0.25, 0.3) is 0 Å². The van der Waals surface area contributed by atoms with E-state index in [1.165, 1.54) is 11.1 Å². The first-order valence-electron chi connectivity index (χ1n) is 11.0. The molecule has 0 aliphatic carbocycles. The third kappa shape index (κ3) is 7.42. The van der Waals surface area contributed by atoms with Gasteiger partial charge in [-0.3, -0.25) is 4.90 Å². The minimum absolute atomic E-state index is 0.659. The fourth-order valence-corrected chi connectivity index (χ4v) is 3.41. The lowest BCUT2D eigenvalue weighted by Crippen LogP contribution is -2.41. The highest BCUT2D eigenvalue weighted by Crippen LogP contribution is 2.04. The normalized spacial score (nSPS) is 15.3. The SMILES string of the molecule is CCc1nncn1CCNC(=NCc1ccc(C)cc1)NCCCN1CCOCC1. The number of ether oxygens (including phenoxy) is 1. The summed E-state index contributed by atoms with van der Waals surface area (Å²) in [6, 6.07) is 8.54. The molecule has 1 aliphatic rings. The highest BCUT2D eigenvalue weighted by atomic mass is 16.5. The monoisotopic (exact) mass is 413 g/mol. The van der Waals surface area contributed by atoms with Gasteiger partial charge in [0.1, 0.15) is 12.2 Å². The second-order valence-electron chi connectivity index (χ2n) is 7.61. The molecule has 0 atom stereocenters. The van der Waals surface area contributed by atoms with Gasteiger partial charge in [0, 0.05) is 39.1 Å². The first-order valence-corrected chi connectivity index (χ1v) is 11.0. The first kappa shape index (κ1) is 22.2. The van der Waals surface area contributed by atoms with Crippen molar-refractivity contribution >= 4 is 5.96 Å². The summed E-state index contributed by atoms with van der Waals surface area (Å²) in [5.74, 6) is 1.86. The van der Waals surface area contributed by atoms with E-state index in [4.69, 9.17) is 9.73 Å². The maximum atomic E-state index is 5.42. The van der Waals surface area contributed by atoms with E-state index in [1.807, 2.05) is 0 Å². The molecule has 2 aromatic rings. The van der Waals surface area contributed by atoms with E-state index < -0.39 is 0 Å². The van der Waals surface area contributed by atoms with Crippen LogP contribution in [0.5, 0.6) is 0 Å². The number of nitrogens with one attached hydrogen (secondary N) is 2. The van der Waals surface area contributed by atoms with Gasteiger partial charge < -0.3 is 19.9 Å². The molecule has 2 N–H and O–H groups in total. The van der Waals surface area contributed by atoms with Gasteiger partial charge in [-0.05, 0) is 25.5 Å². The second-order valence-corrected chi connectivity index (χ2v) is 7.61. The van der Waals surface area contributed by atoms with Gasteiger partial charge in [-0.2, -0.15) is 0 Å². The lowest BCUT2D eigenvalue weighted by molar-refractivity contribution is 0.0376. The van der Waals surface area contributed by atoms with E-state index in [2.05, 4.69) is 68.4 Å². The van der Waals surface area contributed by atoms with Crippen LogP contribution in [-0.4, -0.2) is 71.6 Å². The summed E-state index contributed by atoms with van der Waals surface area (Å²) in [4.78, 5) is 7.25. The van der Waals surface area contributed by atoms with Crippen LogP contribution < -0.4 is 10.6 Å². The van der Waals surface area contributed by atoms with Crippen LogP contribution in [0, 0.1) is 6.92 Å². The molecule has 0 bridgehead atoms. The van der Waals surface area contributed by atoms with Gasteiger partial charge in [0.25, 0.3) is 0 Å². The second kappa shape index (κ2) is 12.3. The Morgan fingerprint density at radius 2 is 1.87 bits per heavy atom. The van der Waals surface area contributed by atoms with Crippen LogP contribution in [0.1, 0.15) is 30.3 Å². The largest absolute Gasteiger partial charge is 0.379 e. The van der Waals surface area contributed by atoms with Crippen LogP contribution in [0.15, 0.2) is 35.6 Å². The van der Waals surface area contributed by atoms with Crippen molar-refractivity contribution in [3.8, 4) is 0 Å². The molecule has 164 valence electrons. The fraction of sp³-hybridized carbons (Fsp3) is 0.591. The van der Waals surface area contributed by atoms with Crippen LogP contribution in [0.3, 0.4) is 0 Å². The Morgan fingerprint density at radius 3 is 2.63 bits per heavy atom. The summed E-state index contributed by atoms with van der Waals surface area (Å²) >= 11 is 0. The molecule has 8 nitrogen and oxygen atoms in total. The first-order chi connectivity index (χ1) is 14.7. The molecule has 0 amide bonds. The number of aliphatic imine (C=N–C) groups is 1. The zero-order valence-electron chi connectivity index (χ0n) is 18.3. The molecule has 30 heavy (non-hydrogen) atoms. The van der Waals surface area contributed by atoms with E-state index >= 15 is 0 Å². The predicted molar refractivity (Wildman–Crippen MR) is 120 cm³/mol. The summed E-state index contributed by atoms with van der Waals surface area (Å²) in [5, 5.41) is 15.1. The van der Waals surface area contributed by atoms with Gasteiger partial charge in [0.05, 0.1) is 19.8 Å². The number of aromatic nitrogens is 3.